The number of hydrogen-bond donors (Lipinski definition) is 0. The maximum atomic E-state index is 13.3. The first-order valence-electron chi connectivity index (χ1n) is 10.3. The minimum absolute atomic E-state index is 0.00984. The van der Waals surface area contributed by atoms with Gasteiger partial charge in [-0.3, -0.25) is 9.59 Å². The van der Waals surface area contributed by atoms with Crippen LogP contribution in [-0.4, -0.2) is 34.7 Å². The maximum absolute atomic E-state index is 13.3. The van der Waals surface area contributed by atoms with E-state index in [1.54, 1.807) is 34.4 Å². The van der Waals surface area contributed by atoms with Crippen molar-refractivity contribution in [2.24, 2.45) is 0 Å². The lowest BCUT2D eigenvalue weighted by Crippen LogP contribution is -2.42. The van der Waals surface area contributed by atoms with E-state index in [4.69, 9.17) is 0 Å². The van der Waals surface area contributed by atoms with Crippen LogP contribution in [0, 0.1) is 13.8 Å². The molecule has 4 nitrogen and oxygen atoms in total. The average molecular weight is 433 g/mol. The number of aryl methyl sites for hydroxylation is 2. The molecule has 0 unspecified atom stereocenters. The minimum atomic E-state index is -0.167. The Morgan fingerprint density at radius 2 is 1.61 bits per heavy atom. The van der Waals surface area contributed by atoms with E-state index in [-0.39, 0.29) is 18.4 Å². The number of carbonyl (C=O) groups is 2. The predicted octanol–water partition coefficient (Wildman–Crippen LogP) is 5.22. The number of nitrogens with zero attached hydrogens (tertiary/aromatic N) is 2. The molecule has 0 saturated carbocycles. The Bertz CT molecular complexity index is 1030. The van der Waals surface area contributed by atoms with Gasteiger partial charge in [-0.15, -0.1) is 17.9 Å². The molecule has 2 amide bonds. The van der Waals surface area contributed by atoms with E-state index >= 15 is 0 Å². The van der Waals surface area contributed by atoms with Crippen LogP contribution in [0.25, 0.3) is 0 Å². The first kappa shape index (κ1) is 22.5. The zero-order valence-electron chi connectivity index (χ0n) is 18.1. The van der Waals surface area contributed by atoms with Crippen LogP contribution in [0.4, 0.5) is 0 Å². The fourth-order valence-corrected chi connectivity index (χ4v) is 4.22. The highest BCUT2D eigenvalue weighted by molar-refractivity contribution is 7.11. The first-order chi connectivity index (χ1) is 15.0. The molecule has 0 N–H and O–H groups in total. The summed E-state index contributed by atoms with van der Waals surface area (Å²) in [5.74, 6) is -0.253. The van der Waals surface area contributed by atoms with Gasteiger partial charge >= 0.3 is 0 Å². The second-order valence-corrected chi connectivity index (χ2v) is 8.96. The third-order valence-electron chi connectivity index (χ3n) is 4.97. The van der Waals surface area contributed by atoms with E-state index in [0.29, 0.717) is 25.2 Å². The third-order valence-corrected chi connectivity index (χ3v) is 5.96. The largest absolute Gasteiger partial charge is 0.332 e. The molecule has 3 rings (SSSR count). The molecule has 5 heteroatoms. The van der Waals surface area contributed by atoms with Crippen LogP contribution in [0.2, 0.25) is 0 Å². The van der Waals surface area contributed by atoms with E-state index < -0.39 is 0 Å². The number of thiophene rings is 1. The molecule has 160 valence electrons. The Kier molecular flexibility index (Phi) is 7.79. The molecule has 31 heavy (non-hydrogen) atoms. The molecule has 2 aromatic carbocycles. The van der Waals surface area contributed by atoms with E-state index in [0.717, 1.165) is 16.0 Å². The fraction of sp³-hybridized carbons (Fsp3) is 0.231. The Labute approximate surface area is 188 Å². The van der Waals surface area contributed by atoms with Crippen LogP contribution in [-0.2, 0) is 17.9 Å². The standard InChI is InChI=1S/C26H28N2O2S/c1-4-16-27(26(30)23-13-10-20(2)11-14-23)19-25(29)28(17-22-8-6-5-7-9-22)18-24-15-12-21(3)31-24/h4-15H,1,16-19H2,2-3H3. The summed E-state index contributed by atoms with van der Waals surface area (Å²) >= 11 is 1.69. The summed E-state index contributed by atoms with van der Waals surface area (Å²) in [6, 6.07) is 21.5. The third kappa shape index (κ3) is 6.40. The van der Waals surface area contributed by atoms with Gasteiger partial charge in [0.05, 0.1) is 6.54 Å². The van der Waals surface area contributed by atoms with Crippen LogP contribution in [0.15, 0.2) is 79.4 Å². The topological polar surface area (TPSA) is 40.6 Å². The molecule has 0 saturated heterocycles. The van der Waals surface area contributed by atoms with Gasteiger partial charge in [0.25, 0.3) is 5.91 Å². The van der Waals surface area contributed by atoms with Crippen molar-refractivity contribution in [3.05, 3.63) is 106 Å². The molecule has 0 aliphatic carbocycles. The molecule has 0 fully saturated rings. The lowest BCUT2D eigenvalue weighted by molar-refractivity contribution is -0.133. The van der Waals surface area contributed by atoms with Gasteiger partial charge in [-0.1, -0.05) is 54.1 Å². The summed E-state index contributed by atoms with van der Waals surface area (Å²) in [4.78, 5) is 32.1. The molecule has 1 aromatic heterocycles. The average Bonchev–Trinajstić information content (AvgIpc) is 3.18. The zero-order valence-corrected chi connectivity index (χ0v) is 18.9. The Morgan fingerprint density at radius 1 is 0.903 bits per heavy atom. The van der Waals surface area contributed by atoms with Crippen molar-refractivity contribution >= 4 is 23.2 Å². The summed E-state index contributed by atoms with van der Waals surface area (Å²) < 4.78 is 0. The molecule has 0 atom stereocenters. The van der Waals surface area contributed by atoms with Gasteiger partial charge in [0.1, 0.15) is 6.54 Å². The van der Waals surface area contributed by atoms with Crippen molar-refractivity contribution in [3.63, 3.8) is 0 Å². The van der Waals surface area contributed by atoms with Crippen molar-refractivity contribution in [3.8, 4) is 0 Å². The summed E-state index contributed by atoms with van der Waals surface area (Å²) in [7, 11) is 0. The van der Waals surface area contributed by atoms with Crippen molar-refractivity contribution < 1.29 is 9.59 Å². The highest BCUT2D eigenvalue weighted by Gasteiger charge is 2.22. The normalized spacial score (nSPS) is 10.5. The van der Waals surface area contributed by atoms with E-state index in [2.05, 4.69) is 25.6 Å². The molecular formula is C26H28N2O2S. The molecule has 0 radical (unpaired) electrons. The quantitative estimate of drug-likeness (QED) is 0.435. The highest BCUT2D eigenvalue weighted by Crippen LogP contribution is 2.19. The van der Waals surface area contributed by atoms with Crippen molar-refractivity contribution in [2.45, 2.75) is 26.9 Å². The molecule has 0 aliphatic rings. The summed E-state index contributed by atoms with van der Waals surface area (Å²) in [5.41, 5.74) is 2.72. The van der Waals surface area contributed by atoms with Crippen LogP contribution < -0.4 is 0 Å². The van der Waals surface area contributed by atoms with E-state index in [9.17, 15) is 9.59 Å². The van der Waals surface area contributed by atoms with E-state index in [1.807, 2.05) is 54.3 Å². The number of hydrogen-bond acceptors (Lipinski definition) is 3. The van der Waals surface area contributed by atoms with Gasteiger partial charge in [0, 0.05) is 28.4 Å². The van der Waals surface area contributed by atoms with Gasteiger partial charge in [0.15, 0.2) is 0 Å². The predicted molar refractivity (Wildman–Crippen MR) is 127 cm³/mol. The fourth-order valence-electron chi connectivity index (χ4n) is 3.31. The van der Waals surface area contributed by atoms with Crippen LogP contribution >= 0.6 is 11.3 Å². The number of rotatable bonds is 9. The Hall–Kier alpha value is -3.18. The second kappa shape index (κ2) is 10.7. The molecular weight excluding hydrogens is 404 g/mol. The summed E-state index contributed by atoms with van der Waals surface area (Å²) in [6.07, 6.45) is 1.66. The van der Waals surface area contributed by atoms with Crippen LogP contribution in [0.1, 0.15) is 31.2 Å². The molecule has 0 aliphatic heterocycles. The maximum Gasteiger partial charge on any atom is 0.254 e. The van der Waals surface area contributed by atoms with Crippen molar-refractivity contribution in [1.82, 2.24) is 9.80 Å². The van der Waals surface area contributed by atoms with E-state index in [1.165, 1.54) is 4.88 Å². The van der Waals surface area contributed by atoms with Crippen LogP contribution in [0.3, 0.4) is 0 Å². The summed E-state index contributed by atoms with van der Waals surface area (Å²) in [6.45, 7) is 9.15. The van der Waals surface area contributed by atoms with Crippen molar-refractivity contribution in [1.29, 1.82) is 0 Å². The van der Waals surface area contributed by atoms with Crippen LogP contribution in [0.5, 0.6) is 0 Å². The lowest BCUT2D eigenvalue weighted by Gasteiger charge is -2.27. The Balaban J connectivity index is 1.79. The van der Waals surface area contributed by atoms with Gasteiger partial charge < -0.3 is 9.80 Å². The summed E-state index contributed by atoms with van der Waals surface area (Å²) in [5, 5.41) is 0. The highest BCUT2D eigenvalue weighted by atomic mass is 32.1. The molecule has 3 aromatic rings. The number of benzene rings is 2. The molecule has 0 bridgehead atoms. The molecule has 0 spiro atoms. The van der Waals surface area contributed by atoms with Gasteiger partial charge in [-0.2, -0.15) is 0 Å². The smallest absolute Gasteiger partial charge is 0.254 e. The zero-order chi connectivity index (χ0) is 22.2. The number of carbonyl (C=O) groups excluding carboxylic acids is 2. The first-order valence-corrected chi connectivity index (χ1v) is 11.1. The van der Waals surface area contributed by atoms with Crippen molar-refractivity contribution in [2.75, 3.05) is 13.1 Å². The Morgan fingerprint density at radius 3 is 2.23 bits per heavy atom. The lowest BCUT2D eigenvalue weighted by atomic mass is 10.1. The number of amides is 2. The van der Waals surface area contributed by atoms with Gasteiger partial charge in [-0.25, -0.2) is 0 Å². The minimum Gasteiger partial charge on any atom is -0.332 e. The van der Waals surface area contributed by atoms with Gasteiger partial charge in [-0.05, 0) is 43.7 Å². The second-order valence-electron chi connectivity index (χ2n) is 7.59. The monoisotopic (exact) mass is 432 g/mol. The van der Waals surface area contributed by atoms with Gasteiger partial charge in [0.2, 0.25) is 5.91 Å². The SMILES string of the molecule is C=CCN(CC(=O)N(Cc1ccccc1)Cc1ccc(C)s1)C(=O)c1ccc(C)cc1. The molecule has 1 heterocycles.